The molecule has 2 atom stereocenters. The summed E-state index contributed by atoms with van der Waals surface area (Å²) in [5.41, 5.74) is 0.619. The average Bonchev–Trinajstić information content (AvgIpc) is 3.23. The minimum absolute atomic E-state index is 0.0172. The number of carboxylic acids is 1. The maximum atomic E-state index is 13.5. The molecule has 2 unspecified atom stereocenters. The third kappa shape index (κ3) is 4.15. The molecule has 0 spiro atoms. The third-order valence-corrected chi connectivity index (χ3v) is 7.33. The van der Waals surface area contributed by atoms with E-state index in [9.17, 15) is 19.5 Å². The number of amides is 2. The van der Waals surface area contributed by atoms with Crippen LogP contribution >= 0.6 is 24.0 Å². The van der Waals surface area contributed by atoms with Gasteiger partial charge in [-0.05, 0) is 36.8 Å². The molecule has 2 aliphatic rings. The molecule has 2 fully saturated rings. The predicted molar refractivity (Wildman–Crippen MR) is 134 cm³/mol. The predicted octanol–water partition coefficient (Wildman–Crippen LogP) is 1.92. The van der Waals surface area contributed by atoms with E-state index in [0.717, 1.165) is 11.8 Å². The van der Waals surface area contributed by atoms with Gasteiger partial charge in [0.2, 0.25) is 0 Å². The van der Waals surface area contributed by atoms with Crippen molar-refractivity contribution in [3.05, 3.63) is 58.5 Å². The topological polar surface area (TPSA) is 102 Å². The van der Waals surface area contributed by atoms with Crippen LogP contribution in [0.25, 0.3) is 6.08 Å². The van der Waals surface area contributed by atoms with E-state index in [0.29, 0.717) is 5.69 Å². The SMILES string of the molecule is COc1ccc(C=C2SC(=S)N(C3C(=O)N(c4ccccc4)N(C)C3C)C2=O)c(C(=O)[O-])c1OC. The van der Waals surface area contributed by atoms with Gasteiger partial charge in [0.25, 0.3) is 11.8 Å². The number of benzene rings is 2. The van der Waals surface area contributed by atoms with Crippen LogP contribution in [0.5, 0.6) is 11.5 Å². The van der Waals surface area contributed by atoms with E-state index in [1.807, 2.05) is 37.3 Å². The fourth-order valence-corrected chi connectivity index (χ4v) is 5.53. The van der Waals surface area contributed by atoms with Crippen LogP contribution in [0, 0.1) is 0 Å². The van der Waals surface area contributed by atoms with E-state index in [4.69, 9.17) is 21.7 Å². The Bertz CT molecular complexity index is 1250. The number of carbonyl (C=O) groups is 3. The fraction of sp³-hybridized carbons (Fsp3) is 0.250. The van der Waals surface area contributed by atoms with E-state index in [1.165, 1.54) is 42.3 Å². The van der Waals surface area contributed by atoms with Crippen molar-refractivity contribution in [2.45, 2.75) is 19.0 Å². The Morgan fingerprint density at radius 2 is 1.80 bits per heavy atom. The van der Waals surface area contributed by atoms with E-state index in [-0.39, 0.29) is 43.8 Å². The summed E-state index contributed by atoms with van der Waals surface area (Å²) in [6.45, 7) is 1.84. The van der Waals surface area contributed by atoms with Crippen LogP contribution in [0.4, 0.5) is 5.69 Å². The number of hydrazine groups is 1. The zero-order valence-corrected chi connectivity index (χ0v) is 21.0. The van der Waals surface area contributed by atoms with Gasteiger partial charge in [0, 0.05) is 7.05 Å². The molecule has 11 heteroatoms. The highest BCUT2D eigenvalue weighted by Crippen LogP contribution is 2.40. The lowest BCUT2D eigenvalue weighted by Gasteiger charge is -2.26. The fourth-order valence-electron chi connectivity index (χ4n) is 4.21. The van der Waals surface area contributed by atoms with Crippen molar-refractivity contribution in [2.75, 3.05) is 26.3 Å². The summed E-state index contributed by atoms with van der Waals surface area (Å²) in [5, 5.41) is 15.2. The number of hydrogen-bond donors (Lipinski definition) is 0. The standard InChI is InChI=1S/C24H23N3O6S2/c1-13-19(22(29)27(25(13)2)15-8-6-5-7-9-15)26-21(28)17(35-24(26)34)12-14-10-11-16(32-3)20(33-4)18(14)23(30)31/h5-13,19H,1-4H3,(H,30,31)/p-1. The van der Waals surface area contributed by atoms with E-state index < -0.39 is 17.9 Å². The van der Waals surface area contributed by atoms with Crippen LogP contribution in [0.3, 0.4) is 0 Å². The number of methoxy groups -OCH3 is 2. The molecule has 2 aromatic carbocycles. The Labute approximate surface area is 211 Å². The molecule has 2 amide bonds. The zero-order valence-electron chi connectivity index (χ0n) is 19.4. The molecule has 0 radical (unpaired) electrons. The minimum atomic E-state index is -1.48. The number of carboxylic acid groups (broad SMARTS) is 1. The van der Waals surface area contributed by atoms with Crippen molar-refractivity contribution < 1.29 is 29.0 Å². The van der Waals surface area contributed by atoms with E-state index in [1.54, 1.807) is 12.1 Å². The molecular weight excluding hydrogens is 490 g/mol. The molecule has 0 N–H and O–H groups in total. The Morgan fingerprint density at radius 1 is 1.11 bits per heavy atom. The second kappa shape index (κ2) is 9.68. The van der Waals surface area contributed by atoms with Gasteiger partial charge < -0.3 is 19.4 Å². The summed E-state index contributed by atoms with van der Waals surface area (Å²) in [5.74, 6) is -2.05. The molecule has 2 heterocycles. The number of likely N-dealkylation sites (N-methyl/N-ethyl adjacent to an activating group) is 1. The molecule has 182 valence electrons. The molecule has 0 saturated carbocycles. The summed E-state index contributed by atoms with van der Waals surface area (Å²) >= 11 is 6.49. The van der Waals surface area contributed by atoms with Crippen LogP contribution in [0.2, 0.25) is 0 Å². The van der Waals surface area contributed by atoms with Crippen molar-refractivity contribution in [1.29, 1.82) is 0 Å². The number of anilines is 1. The van der Waals surface area contributed by atoms with Gasteiger partial charge in [0.1, 0.15) is 10.4 Å². The second-order valence-electron chi connectivity index (χ2n) is 7.85. The van der Waals surface area contributed by atoms with Crippen molar-refractivity contribution >= 4 is 57.8 Å². The lowest BCUT2D eigenvalue weighted by atomic mass is 10.0. The number of carbonyl (C=O) groups excluding carboxylic acids is 3. The third-order valence-electron chi connectivity index (χ3n) is 5.99. The van der Waals surface area contributed by atoms with Gasteiger partial charge in [-0.3, -0.25) is 14.5 Å². The van der Waals surface area contributed by atoms with Crippen LogP contribution in [-0.2, 0) is 9.59 Å². The lowest BCUT2D eigenvalue weighted by Crippen LogP contribution is -2.48. The van der Waals surface area contributed by atoms with Gasteiger partial charge in [0.15, 0.2) is 11.5 Å². The van der Waals surface area contributed by atoms with Crippen molar-refractivity contribution in [2.24, 2.45) is 0 Å². The molecule has 0 bridgehead atoms. The maximum absolute atomic E-state index is 13.5. The molecule has 0 aromatic heterocycles. The summed E-state index contributed by atoms with van der Waals surface area (Å²) in [4.78, 5) is 40.3. The Balaban J connectivity index is 1.71. The Hall–Kier alpha value is -3.41. The number of ether oxygens (including phenoxy) is 2. The first kappa shape index (κ1) is 24.7. The molecule has 9 nitrogen and oxygen atoms in total. The number of thiocarbonyl (C=S) groups is 1. The highest BCUT2D eigenvalue weighted by atomic mass is 32.2. The van der Waals surface area contributed by atoms with Gasteiger partial charge in [-0.1, -0.05) is 48.2 Å². The van der Waals surface area contributed by atoms with Gasteiger partial charge in [-0.25, -0.2) is 10.0 Å². The molecular formula is C24H22N3O6S2-. The summed E-state index contributed by atoms with van der Waals surface area (Å²) < 4.78 is 10.6. The molecule has 35 heavy (non-hydrogen) atoms. The first-order valence-electron chi connectivity index (χ1n) is 10.6. The monoisotopic (exact) mass is 512 g/mol. The summed E-state index contributed by atoms with van der Waals surface area (Å²) in [6.07, 6.45) is 1.41. The maximum Gasteiger partial charge on any atom is 0.266 e. The van der Waals surface area contributed by atoms with Crippen LogP contribution in [0.1, 0.15) is 22.8 Å². The smallest absolute Gasteiger partial charge is 0.266 e. The van der Waals surface area contributed by atoms with Crippen molar-refractivity contribution in [3.63, 3.8) is 0 Å². The van der Waals surface area contributed by atoms with Crippen molar-refractivity contribution in [3.8, 4) is 11.5 Å². The summed E-state index contributed by atoms with van der Waals surface area (Å²) in [6, 6.07) is 11.0. The van der Waals surface area contributed by atoms with Crippen LogP contribution in [-0.4, -0.2) is 65.4 Å². The van der Waals surface area contributed by atoms with Gasteiger partial charge in [0.05, 0.1) is 42.4 Å². The second-order valence-corrected chi connectivity index (χ2v) is 9.52. The Kier molecular flexibility index (Phi) is 6.84. The number of para-hydroxylation sites is 1. The van der Waals surface area contributed by atoms with E-state index >= 15 is 0 Å². The first-order chi connectivity index (χ1) is 16.7. The van der Waals surface area contributed by atoms with Crippen LogP contribution in [0.15, 0.2) is 47.4 Å². The van der Waals surface area contributed by atoms with Crippen molar-refractivity contribution in [1.82, 2.24) is 9.91 Å². The average molecular weight is 513 g/mol. The normalized spacial score (nSPS) is 21.8. The van der Waals surface area contributed by atoms with Crippen LogP contribution < -0.4 is 19.6 Å². The number of nitrogens with zero attached hydrogens (tertiary/aromatic N) is 3. The zero-order chi connectivity index (χ0) is 25.4. The lowest BCUT2D eigenvalue weighted by molar-refractivity contribution is -0.255. The molecule has 4 rings (SSSR count). The number of aromatic carboxylic acids is 1. The Morgan fingerprint density at radius 3 is 2.40 bits per heavy atom. The highest BCUT2D eigenvalue weighted by molar-refractivity contribution is 8.26. The first-order valence-corrected chi connectivity index (χ1v) is 11.8. The largest absolute Gasteiger partial charge is 0.545 e. The van der Waals surface area contributed by atoms with Gasteiger partial charge >= 0.3 is 0 Å². The summed E-state index contributed by atoms with van der Waals surface area (Å²) in [7, 11) is 4.48. The number of hydrogen-bond acceptors (Lipinski definition) is 9. The van der Waals surface area contributed by atoms with E-state index in [2.05, 4.69) is 0 Å². The molecule has 0 aliphatic carbocycles. The quantitative estimate of drug-likeness (QED) is 0.424. The number of rotatable bonds is 6. The van der Waals surface area contributed by atoms with Gasteiger partial charge in [-0.15, -0.1) is 0 Å². The molecule has 2 saturated heterocycles. The molecule has 2 aromatic rings. The molecule has 2 aliphatic heterocycles. The minimum Gasteiger partial charge on any atom is -0.545 e. The van der Waals surface area contributed by atoms with Gasteiger partial charge in [-0.2, -0.15) is 0 Å². The number of thioether (sulfide) groups is 1. The highest BCUT2D eigenvalue weighted by Gasteiger charge is 2.51.